The minimum atomic E-state index is -0.917. The molecule has 0 aliphatic heterocycles. The first kappa shape index (κ1) is 27.7. The molecular weight excluding hydrogens is 418 g/mol. The Bertz CT molecular complexity index is 675. The lowest BCUT2D eigenvalue weighted by molar-refractivity contribution is -0.145. The zero-order valence-electron chi connectivity index (χ0n) is 20.2. The normalized spacial score (nSPS) is 22.6. The molecule has 32 heavy (non-hydrogen) atoms. The highest BCUT2D eigenvalue weighted by Gasteiger charge is 2.38. The molecule has 0 aromatic heterocycles. The van der Waals surface area contributed by atoms with Crippen molar-refractivity contribution in [1.29, 1.82) is 0 Å². The molecule has 5 atom stereocenters. The lowest BCUT2D eigenvalue weighted by atomic mass is 9.99. The third-order valence-electron chi connectivity index (χ3n) is 5.17. The summed E-state index contributed by atoms with van der Waals surface area (Å²) in [6.45, 7) is 10.6. The van der Waals surface area contributed by atoms with Crippen LogP contribution in [0.5, 0.6) is 0 Å². The maximum atomic E-state index is 12.5. The summed E-state index contributed by atoms with van der Waals surface area (Å²) in [5, 5.41) is 18.5. The highest BCUT2D eigenvalue weighted by Crippen LogP contribution is 2.29. The second-order valence-electron chi connectivity index (χ2n) is 9.79. The molecule has 0 heterocycles. The van der Waals surface area contributed by atoms with E-state index in [2.05, 4.69) is 16.0 Å². The molecule has 0 radical (unpaired) electrons. The van der Waals surface area contributed by atoms with E-state index >= 15 is 0 Å². The zero-order chi connectivity index (χ0) is 24.6. The Kier molecular flexibility index (Phi) is 10.4. The molecule has 0 bridgehead atoms. The van der Waals surface area contributed by atoms with Crippen LogP contribution in [0.2, 0.25) is 0 Å². The third kappa shape index (κ3) is 9.42. The van der Waals surface area contributed by atoms with E-state index in [1.165, 1.54) is 14.0 Å². The van der Waals surface area contributed by atoms with Crippen LogP contribution < -0.4 is 16.0 Å². The van der Waals surface area contributed by atoms with Crippen LogP contribution in [0.3, 0.4) is 0 Å². The van der Waals surface area contributed by atoms with Gasteiger partial charge in [0.1, 0.15) is 17.7 Å². The van der Waals surface area contributed by atoms with Gasteiger partial charge in [0.2, 0.25) is 11.8 Å². The Morgan fingerprint density at radius 3 is 2.22 bits per heavy atom. The van der Waals surface area contributed by atoms with Crippen molar-refractivity contribution in [2.75, 3.05) is 7.11 Å². The van der Waals surface area contributed by atoms with Crippen LogP contribution in [-0.4, -0.2) is 65.9 Å². The molecule has 4 N–H and O–H groups in total. The number of amides is 3. The lowest BCUT2D eigenvalue weighted by Crippen LogP contribution is -2.51. The van der Waals surface area contributed by atoms with Gasteiger partial charge in [0.05, 0.1) is 19.3 Å². The molecule has 0 aromatic rings. The Hall–Kier alpha value is -2.36. The molecule has 3 amide bonds. The van der Waals surface area contributed by atoms with Crippen molar-refractivity contribution < 1.29 is 33.8 Å². The van der Waals surface area contributed by atoms with E-state index in [-0.39, 0.29) is 24.2 Å². The average molecular weight is 458 g/mol. The van der Waals surface area contributed by atoms with E-state index in [1.807, 2.05) is 13.8 Å². The number of carbonyl (C=O) groups excluding carboxylic acids is 4. The second-order valence-corrected chi connectivity index (χ2v) is 9.79. The van der Waals surface area contributed by atoms with Crippen molar-refractivity contribution in [3.05, 3.63) is 0 Å². The van der Waals surface area contributed by atoms with Crippen LogP contribution in [-0.2, 0) is 23.9 Å². The fourth-order valence-corrected chi connectivity index (χ4v) is 3.62. The van der Waals surface area contributed by atoms with Crippen molar-refractivity contribution in [3.63, 3.8) is 0 Å². The van der Waals surface area contributed by atoms with Crippen LogP contribution in [0.15, 0.2) is 0 Å². The molecule has 0 saturated heterocycles. The van der Waals surface area contributed by atoms with Crippen molar-refractivity contribution in [2.24, 2.45) is 11.8 Å². The maximum Gasteiger partial charge on any atom is 0.408 e. The van der Waals surface area contributed by atoms with E-state index in [9.17, 15) is 24.3 Å². The summed E-state index contributed by atoms with van der Waals surface area (Å²) in [7, 11) is 1.27. The summed E-state index contributed by atoms with van der Waals surface area (Å²) in [4.78, 5) is 48.6. The van der Waals surface area contributed by atoms with Gasteiger partial charge in [-0.15, -0.1) is 0 Å². The summed E-state index contributed by atoms with van der Waals surface area (Å²) in [6, 6.07) is -2.12. The van der Waals surface area contributed by atoms with Crippen LogP contribution in [0, 0.1) is 11.8 Å². The Labute approximate surface area is 190 Å². The van der Waals surface area contributed by atoms with Gasteiger partial charge >= 0.3 is 12.1 Å². The van der Waals surface area contributed by atoms with Gasteiger partial charge in [-0.05, 0) is 58.8 Å². The molecule has 0 aromatic carbocycles. The number of aliphatic hydroxyl groups excluding tert-OH is 1. The molecule has 10 nitrogen and oxygen atoms in total. The summed E-state index contributed by atoms with van der Waals surface area (Å²) in [6.07, 6.45) is -0.0995. The van der Waals surface area contributed by atoms with Gasteiger partial charge in [0.15, 0.2) is 0 Å². The van der Waals surface area contributed by atoms with E-state index in [0.29, 0.717) is 19.3 Å². The topological polar surface area (TPSA) is 143 Å². The van der Waals surface area contributed by atoms with E-state index in [4.69, 9.17) is 9.47 Å². The highest BCUT2D eigenvalue weighted by atomic mass is 16.6. The van der Waals surface area contributed by atoms with Crippen LogP contribution >= 0.6 is 0 Å². The molecule has 1 aliphatic rings. The fraction of sp³-hybridized carbons (Fsp3) is 0.818. The van der Waals surface area contributed by atoms with E-state index in [1.54, 1.807) is 20.8 Å². The molecule has 0 unspecified atom stereocenters. The first-order valence-corrected chi connectivity index (χ1v) is 11.1. The lowest BCUT2D eigenvalue weighted by Gasteiger charge is -2.24. The van der Waals surface area contributed by atoms with Crippen LogP contribution in [0.25, 0.3) is 0 Å². The second kappa shape index (κ2) is 12.0. The van der Waals surface area contributed by atoms with Gasteiger partial charge in [-0.1, -0.05) is 13.8 Å². The van der Waals surface area contributed by atoms with Crippen molar-refractivity contribution in [2.45, 2.75) is 97.1 Å². The number of hydrogen-bond acceptors (Lipinski definition) is 7. The van der Waals surface area contributed by atoms with Crippen LogP contribution in [0.4, 0.5) is 4.79 Å². The maximum absolute atomic E-state index is 12.5. The standard InChI is InChI=1S/C22H39N3O7/c1-12(2)10-16(20(29)31-7)24-17(26)11-14-8-9-15(18(14)27)25-19(28)13(3)23-21(30)32-22(4,5)6/h12-16,18,27H,8-11H2,1-7H3,(H,23,30)(H,24,26)(H,25,28)/t13-,14+,15+,16-,18+/m0/s1. The molecule has 10 heteroatoms. The van der Waals surface area contributed by atoms with Crippen molar-refractivity contribution in [3.8, 4) is 0 Å². The van der Waals surface area contributed by atoms with Gasteiger partial charge in [-0.25, -0.2) is 9.59 Å². The largest absolute Gasteiger partial charge is 0.467 e. The monoisotopic (exact) mass is 457 g/mol. The number of hydrogen-bond donors (Lipinski definition) is 4. The predicted molar refractivity (Wildman–Crippen MR) is 118 cm³/mol. The van der Waals surface area contributed by atoms with Crippen molar-refractivity contribution >= 4 is 23.9 Å². The summed E-state index contributed by atoms with van der Waals surface area (Å²) in [5.41, 5.74) is -0.683. The van der Waals surface area contributed by atoms with Gasteiger partial charge < -0.3 is 30.5 Å². The Balaban J connectivity index is 2.56. The van der Waals surface area contributed by atoms with Gasteiger partial charge in [-0.2, -0.15) is 0 Å². The number of nitrogens with one attached hydrogen (secondary N) is 3. The van der Waals surface area contributed by atoms with Gasteiger partial charge in [0.25, 0.3) is 0 Å². The Morgan fingerprint density at radius 2 is 1.69 bits per heavy atom. The minimum Gasteiger partial charge on any atom is -0.467 e. The number of methoxy groups -OCH3 is 1. The number of alkyl carbamates (subject to hydrolysis) is 1. The first-order chi connectivity index (χ1) is 14.7. The average Bonchev–Trinajstić information content (AvgIpc) is 2.98. The SMILES string of the molecule is COC(=O)[C@H](CC(C)C)NC(=O)C[C@H]1CC[C@@H](NC(=O)[C@H](C)NC(=O)OC(C)(C)C)[C@@H]1O. The molecule has 1 fully saturated rings. The molecule has 1 aliphatic carbocycles. The van der Waals surface area contributed by atoms with Crippen molar-refractivity contribution in [1.82, 2.24) is 16.0 Å². The molecule has 184 valence electrons. The number of rotatable bonds is 9. The summed E-state index contributed by atoms with van der Waals surface area (Å²) in [5.74, 6) is -1.47. The highest BCUT2D eigenvalue weighted by molar-refractivity contribution is 5.86. The predicted octanol–water partition coefficient (Wildman–Crippen LogP) is 1.25. The summed E-state index contributed by atoms with van der Waals surface area (Å²) < 4.78 is 9.89. The fourth-order valence-electron chi connectivity index (χ4n) is 3.62. The smallest absolute Gasteiger partial charge is 0.408 e. The molecule has 1 saturated carbocycles. The van der Waals surface area contributed by atoms with E-state index < -0.39 is 47.8 Å². The summed E-state index contributed by atoms with van der Waals surface area (Å²) >= 11 is 0. The zero-order valence-corrected chi connectivity index (χ0v) is 20.2. The van der Waals surface area contributed by atoms with Gasteiger partial charge in [0, 0.05) is 6.42 Å². The first-order valence-electron chi connectivity index (χ1n) is 11.1. The van der Waals surface area contributed by atoms with Crippen LogP contribution in [0.1, 0.15) is 67.2 Å². The number of esters is 1. The minimum absolute atomic E-state index is 0.0326. The molecular formula is C22H39N3O7. The quantitative estimate of drug-likeness (QED) is 0.382. The number of ether oxygens (including phenoxy) is 2. The number of aliphatic hydroxyl groups is 1. The van der Waals surface area contributed by atoms with Gasteiger partial charge in [-0.3, -0.25) is 9.59 Å². The Morgan fingerprint density at radius 1 is 1.06 bits per heavy atom. The molecule has 1 rings (SSSR count). The third-order valence-corrected chi connectivity index (χ3v) is 5.17. The van der Waals surface area contributed by atoms with E-state index in [0.717, 1.165) is 0 Å². The number of carbonyl (C=O) groups is 4. The molecule has 0 spiro atoms.